The first-order valence-corrected chi connectivity index (χ1v) is 4.09. The van der Waals surface area contributed by atoms with E-state index in [1.807, 2.05) is 30.3 Å². The molecule has 0 heterocycles. The Morgan fingerprint density at radius 3 is 1.92 bits per heavy atom. The molecule has 1 aromatic rings. The van der Waals surface area contributed by atoms with Gasteiger partial charge in [-0.05, 0) is 5.30 Å². The summed E-state index contributed by atoms with van der Waals surface area (Å²) in [5.41, 5.74) is 0. The molecule has 12 heavy (non-hydrogen) atoms. The molecule has 3 heteroatoms. The zero-order valence-electron chi connectivity index (χ0n) is 7.28. The van der Waals surface area contributed by atoms with Gasteiger partial charge in [0, 0.05) is 6.92 Å². The molecule has 0 aliphatic heterocycles. The smallest absolute Gasteiger partial charge is 0.302 e. The number of carbonyl (C=O) groups is 1. The monoisotopic (exact) mass is 184 g/mol. The SMILES string of the molecule is COC(C)=O.Pc1ccccc1. The van der Waals surface area contributed by atoms with E-state index in [1.165, 1.54) is 19.3 Å². The second-order valence-corrected chi connectivity index (χ2v) is 2.77. The van der Waals surface area contributed by atoms with Gasteiger partial charge in [-0.2, -0.15) is 0 Å². The largest absolute Gasteiger partial charge is 0.469 e. The number of hydrogen-bond donors (Lipinski definition) is 0. The lowest BCUT2D eigenvalue weighted by Gasteiger charge is -1.82. The zero-order chi connectivity index (χ0) is 9.40. The van der Waals surface area contributed by atoms with Crippen LogP contribution in [0.2, 0.25) is 0 Å². The Bertz CT molecular complexity index is 221. The summed E-state index contributed by atoms with van der Waals surface area (Å²) in [5, 5.41) is 1.24. The van der Waals surface area contributed by atoms with Gasteiger partial charge in [-0.25, -0.2) is 0 Å². The van der Waals surface area contributed by atoms with E-state index in [9.17, 15) is 4.79 Å². The van der Waals surface area contributed by atoms with E-state index >= 15 is 0 Å². The van der Waals surface area contributed by atoms with E-state index < -0.39 is 0 Å². The van der Waals surface area contributed by atoms with Crippen molar-refractivity contribution in [2.24, 2.45) is 0 Å². The highest BCUT2D eigenvalue weighted by Gasteiger charge is 1.75. The van der Waals surface area contributed by atoms with E-state index in [2.05, 4.69) is 14.0 Å². The van der Waals surface area contributed by atoms with Crippen LogP contribution >= 0.6 is 9.24 Å². The molecular weight excluding hydrogens is 171 g/mol. The molecule has 0 fully saturated rings. The molecule has 0 aliphatic rings. The molecule has 1 atom stereocenters. The van der Waals surface area contributed by atoms with Crippen LogP contribution in [0, 0.1) is 0 Å². The third kappa shape index (κ3) is 7.23. The molecule has 1 rings (SSSR count). The van der Waals surface area contributed by atoms with Crippen molar-refractivity contribution in [1.82, 2.24) is 0 Å². The molecular formula is C9H13O2P. The summed E-state index contributed by atoms with van der Waals surface area (Å²) in [6, 6.07) is 10.1. The van der Waals surface area contributed by atoms with Gasteiger partial charge in [-0.15, -0.1) is 9.24 Å². The van der Waals surface area contributed by atoms with E-state index in [0.29, 0.717) is 0 Å². The fourth-order valence-corrected chi connectivity index (χ4v) is 0.675. The van der Waals surface area contributed by atoms with E-state index in [4.69, 9.17) is 0 Å². The van der Waals surface area contributed by atoms with Crippen LogP contribution in [0.25, 0.3) is 0 Å². The predicted molar refractivity (Wildman–Crippen MR) is 53.5 cm³/mol. The van der Waals surface area contributed by atoms with Gasteiger partial charge >= 0.3 is 5.97 Å². The van der Waals surface area contributed by atoms with Crippen LogP contribution in [-0.4, -0.2) is 13.1 Å². The highest BCUT2D eigenvalue weighted by atomic mass is 31.0. The molecule has 0 amide bonds. The summed E-state index contributed by atoms with van der Waals surface area (Å²) in [4.78, 5) is 9.59. The first-order valence-electron chi connectivity index (χ1n) is 3.52. The second kappa shape index (κ2) is 6.81. The summed E-state index contributed by atoms with van der Waals surface area (Å²) in [5.74, 6) is -0.245. The molecule has 1 unspecified atom stereocenters. The van der Waals surface area contributed by atoms with Crippen LogP contribution in [0.4, 0.5) is 0 Å². The highest BCUT2D eigenvalue weighted by molar-refractivity contribution is 7.27. The predicted octanol–water partition coefficient (Wildman–Crippen LogP) is 1.37. The summed E-state index contributed by atoms with van der Waals surface area (Å²) in [6.07, 6.45) is 0. The molecule has 0 radical (unpaired) electrons. The molecule has 0 saturated carbocycles. The highest BCUT2D eigenvalue weighted by Crippen LogP contribution is 1.86. The minimum Gasteiger partial charge on any atom is -0.469 e. The Labute approximate surface area is 75.1 Å². The normalized spacial score (nSPS) is 7.92. The van der Waals surface area contributed by atoms with Crippen LogP contribution in [-0.2, 0) is 9.53 Å². The van der Waals surface area contributed by atoms with Gasteiger partial charge in [0.1, 0.15) is 0 Å². The Kier molecular flexibility index (Phi) is 6.31. The topological polar surface area (TPSA) is 26.3 Å². The molecule has 0 bridgehead atoms. The summed E-state index contributed by atoms with van der Waals surface area (Å²) in [6.45, 7) is 1.36. The average molecular weight is 184 g/mol. The molecule has 2 nitrogen and oxygen atoms in total. The lowest BCUT2D eigenvalue weighted by atomic mass is 10.4. The fourth-order valence-electron chi connectivity index (χ4n) is 0.453. The van der Waals surface area contributed by atoms with Crippen LogP contribution in [0.3, 0.4) is 0 Å². The number of methoxy groups -OCH3 is 1. The maximum atomic E-state index is 9.59. The van der Waals surface area contributed by atoms with Crippen molar-refractivity contribution in [2.75, 3.05) is 7.11 Å². The number of benzene rings is 1. The first kappa shape index (κ1) is 11.1. The molecule has 0 saturated heterocycles. The van der Waals surface area contributed by atoms with Crippen molar-refractivity contribution < 1.29 is 9.53 Å². The second-order valence-electron chi connectivity index (χ2n) is 2.11. The minimum absolute atomic E-state index is 0.245. The molecule has 0 aliphatic carbocycles. The maximum absolute atomic E-state index is 9.59. The van der Waals surface area contributed by atoms with Crippen LogP contribution in [0.15, 0.2) is 30.3 Å². The third-order valence-corrected chi connectivity index (χ3v) is 1.47. The van der Waals surface area contributed by atoms with Crippen molar-refractivity contribution in [1.29, 1.82) is 0 Å². The number of hydrogen-bond acceptors (Lipinski definition) is 2. The zero-order valence-corrected chi connectivity index (χ0v) is 8.44. The quantitative estimate of drug-likeness (QED) is 0.449. The van der Waals surface area contributed by atoms with Gasteiger partial charge in [-0.3, -0.25) is 4.79 Å². The van der Waals surface area contributed by atoms with Gasteiger partial charge in [0.25, 0.3) is 0 Å². The third-order valence-electron chi connectivity index (χ3n) is 1.09. The number of ether oxygens (including phenoxy) is 1. The molecule has 66 valence electrons. The van der Waals surface area contributed by atoms with Crippen LogP contribution in [0.5, 0.6) is 0 Å². The molecule has 0 aromatic heterocycles. The van der Waals surface area contributed by atoms with Gasteiger partial charge in [0.05, 0.1) is 7.11 Å². The Hall–Kier alpha value is -0.880. The maximum Gasteiger partial charge on any atom is 0.302 e. The lowest BCUT2D eigenvalue weighted by Crippen LogP contribution is -1.88. The van der Waals surface area contributed by atoms with Gasteiger partial charge in [-0.1, -0.05) is 30.3 Å². The Morgan fingerprint density at radius 2 is 1.75 bits per heavy atom. The van der Waals surface area contributed by atoms with Crippen molar-refractivity contribution in [2.45, 2.75) is 6.92 Å². The number of carbonyl (C=O) groups excluding carboxylic acids is 1. The Morgan fingerprint density at radius 1 is 1.33 bits per heavy atom. The lowest BCUT2D eigenvalue weighted by molar-refractivity contribution is -0.137. The number of rotatable bonds is 0. The average Bonchev–Trinajstić information content (AvgIpc) is 2.07. The van der Waals surface area contributed by atoms with Crippen LogP contribution < -0.4 is 5.30 Å². The molecule has 1 aromatic carbocycles. The van der Waals surface area contributed by atoms with Crippen molar-refractivity contribution in [3.63, 3.8) is 0 Å². The summed E-state index contributed by atoms with van der Waals surface area (Å²) < 4.78 is 4.11. The molecule has 0 spiro atoms. The van der Waals surface area contributed by atoms with Gasteiger partial charge < -0.3 is 4.74 Å². The standard InChI is InChI=1S/C6H7P.C3H6O2/c7-6-4-2-1-3-5-6;1-3(4)5-2/h1-5H,7H2;1-2H3. The van der Waals surface area contributed by atoms with Crippen molar-refractivity contribution >= 4 is 20.5 Å². The Balaban J connectivity index is 0.000000217. The summed E-state index contributed by atoms with van der Waals surface area (Å²) >= 11 is 0. The number of esters is 1. The van der Waals surface area contributed by atoms with Crippen LogP contribution in [0.1, 0.15) is 6.92 Å². The van der Waals surface area contributed by atoms with E-state index in [1.54, 1.807) is 0 Å². The first-order chi connectivity index (χ1) is 5.66. The minimum atomic E-state index is -0.245. The van der Waals surface area contributed by atoms with Gasteiger partial charge in [0.15, 0.2) is 0 Å². The van der Waals surface area contributed by atoms with Gasteiger partial charge in [0.2, 0.25) is 0 Å². The van der Waals surface area contributed by atoms with Crippen molar-refractivity contribution in [3.8, 4) is 0 Å². The molecule has 0 N–H and O–H groups in total. The van der Waals surface area contributed by atoms with E-state index in [0.717, 1.165) is 0 Å². The van der Waals surface area contributed by atoms with Crippen molar-refractivity contribution in [3.05, 3.63) is 30.3 Å². The fraction of sp³-hybridized carbons (Fsp3) is 0.222. The van der Waals surface area contributed by atoms with E-state index in [-0.39, 0.29) is 5.97 Å². The summed E-state index contributed by atoms with van der Waals surface area (Å²) in [7, 11) is 3.98.